The van der Waals surface area contributed by atoms with Crippen LogP contribution in [0.25, 0.3) is 0 Å². The monoisotopic (exact) mass is 240 g/mol. The van der Waals surface area contributed by atoms with E-state index < -0.39 is 6.10 Å². The van der Waals surface area contributed by atoms with Gasteiger partial charge in [-0.15, -0.1) is 0 Å². The van der Waals surface area contributed by atoms with Gasteiger partial charge in [0.05, 0.1) is 17.7 Å². The number of nitrogens with zero attached hydrogens (tertiary/aromatic N) is 2. The molecule has 1 unspecified atom stereocenters. The molecule has 0 saturated carbocycles. The van der Waals surface area contributed by atoms with Crippen LogP contribution in [0.4, 0.5) is 0 Å². The molecule has 0 aliphatic heterocycles. The molecule has 0 bridgehead atoms. The number of pyridine rings is 1. The quantitative estimate of drug-likeness (QED) is 0.895. The van der Waals surface area contributed by atoms with Crippen molar-refractivity contribution in [3.8, 4) is 17.7 Å². The Morgan fingerprint density at radius 3 is 2.78 bits per heavy atom. The lowest BCUT2D eigenvalue weighted by atomic mass is 10.2. The van der Waals surface area contributed by atoms with Crippen LogP contribution in [0.5, 0.6) is 11.6 Å². The molecule has 0 aliphatic carbocycles. The van der Waals surface area contributed by atoms with E-state index in [0.717, 1.165) is 5.56 Å². The molecule has 1 aromatic carbocycles. The van der Waals surface area contributed by atoms with E-state index in [1.54, 1.807) is 49.5 Å². The summed E-state index contributed by atoms with van der Waals surface area (Å²) >= 11 is 0. The number of aromatic nitrogens is 1. The minimum absolute atomic E-state index is 0.425. The second-order valence-electron chi connectivity index (χ2n) is 3.85. The average Bonchev–Trinajstić information content (AvgIpc) is 2.39. The van der Waals surface area contributed by atoms with Gasteiger partial charge >= 0.3 is 0 Å². The van der Waals surface area contributed by atoms with Crippen LogP contribution in [-0.2, 0) is 0 Å². The van der Waals surface area contributed by atoms with Crippen molar-refractivity contribution >= 4 is 0 Å². The van der Waals surface area contributed by atoms with E-state index >= 15 is 0 Å². The van der Waals surface area contributed by atoms with Gasteiger partial charge in [-0.05, 0) is 36.8 Å². The van der Waals surface area contributed by atoms with Gasteiger partial charge in [0.25, 0.3) is 0 Å². The maximum atomic E-state index is 9.36. The van der Waals surface area contributed by atoms with Crippen LogP contribution in [0, 0.1) is 11.3 Å². The number of hydrogen-bond donors (Lipinski definition) is 1. The van der Waals surface area contributed by atoms with Crippen LogP contribution in [0.3, 0.4) is 0 Å². The predicted molar refractivity (Wildman–Crippen MR) is 66.1 cm³/mol. The number of benzene rings is 1. The van der Waals surface area contributed by atoms with Gasteiger partial charge in [-0.25, -0.2) is 4.98 Å². The lowest BCUT2D eigenvalue weighted by Crippen LogP contribution is -1.93. The number of ether oxygens (including phenoxy) is 1. The van der Waals surface area contributed by atoms with Crippen molar-refractivity contribution in [2.75, 3.05) is 0 Å². The Morgan fingerprint density at radius 1 is 1.33 bits per heavy atom. The Morgan fingerprint density at radius 2 is 2.17 bits per heavy atom. The predicted octanol–water partition coefficient (Wildman–Crippen LogP) is 2.80. The first-order valence-electron chi connectivity index (χ1n) is 5.51. The zero-order valence-electron chi connectivity index (χ0n) is 9.87. The third-order valence-corrected chi connectivity index (χ3v) is 2.43. The van der Waals surface area contributed by atoms with Crippen LogP contribution in [-0.4, -0.2) is 10.1 Å². The third-order valence-electron chi connectivity index (χ3n) is 2.43. The Labute approximate surface area is 105 Å². The Balaban J connectivity index is 2.16. The number of aliphatic hydroxyl groups is 1. The first-order valence-corrected chi connectivity index (χ1v) is 5.51. The van der Waals surface area contributed by atoms with E-state index in [4.69, 9.17) is 10.00 Å². The van der Waals surface area contributed by atoms with Gasteiger partial charge in [0.2, 0.25) is 5.88 Å². The number of rotatable bonds is 3. The Bertz CT molecular complexity index is 571. The molecule has 1 N–H and O–H groups in total. The summed E-state index contributed by atoms with van der Waals surface area (Å²) in [6.07, 6.45) is 1.02. The normalized spacial score (nSPS) is 11.6. The first kappa shape index (κ1) is 12.1. The van der Waals surface area contributed by atoms with Crippen LogP contribution in [0.2, 0.25) is 0 Å². The number of nitriles is 1. The topological polar surface area (TPSA) is 66.1 Å². The van der Waals surface area contributed by atoms with Crippen molar-refractivity contribution in [2.24, 2.45) is 0 Å². The maximum absolute atomic E-state index is 9.36. The molecule has 0 saturated heterocycles. The smallest absolute Gasteiger partial charge is 0.219 e. The second-order valence-corrected chi connectivity index (χ2v) is 3.85. The van der Waals surface area contributed by atoms with Gasteiger partial charge in [0.1, 0.15) is 5.75 Å². The van der Waals surface area contributed by atoms with Crippen LogP contribution in [0.15, 0.2) is 42.6 Å². The third kappa shape index (κ3) is 2.84. The van der Waals surface area contributed by atoms with Crippen molar-refractivity contribution in [3.05, 3.63) is 53.7 Å². The fraction of sp³-hybridized carbons (Fsp3) is 0.143. The summed E-state index contributed by atoms with van der Waals surface area (Å²) in [7, 11) is 0. The lowest BCUT2D eigenvalue weighted by molar-refractivity contribution is 0.198. The maximum Gasteiger partial charge on any atom is 0.219 e. The van der Waals surface area contributed by atoms with Crippen molar-refractivity contribution in [1.29, 1.82) is 5.26 Å². The molecule has 18 heavy (non-hydrogen) atoms. The molecule has 4 heteroatoms. The summed E-state index contributed by atoms with van der Waals surface area (Å²) in [6, 6.07) is 12.3. The number of hydrogen-bond acceptors (Lipinski definition) is 4. The highest BCUT2D eigenvalue weighted by molar-refractivity contribution is 5.37. The van der Waals surface area contributed by atoms with Crippen molar-refractivity contribution in [3.63, 3.8) is 0 Å². The van der Waals surface area contributed by atoms with Crippen LogP contribution < -0.4 is 4.74 Å². The second kappa shape index (κ2) is 5.30. The van der Waals surface area contributed by atoms with E-state index in [2.05, 4.69) is 4.98 Å². The van der Waals surface area contributed by atoms with Crippen LogP contribution in [0.1, 0.15) is 24.2 Å². The van der Waals surface area contributed by atoms with Gasteiger partial charge in [-0.3, -0.25) is 0 Å². The molecule has 2 aromatic rings. The van der Waals surface area contributed by atoms with Gasteiger partial charge in [-0.1, -0.05) is 6.07 Å². The summed E-state index contributed by atoms with van der Waals surface area (Å²) in [5.41, 5.74) is 1.27. The minimum atomic E-state index is -0.548. The van der Waals surface area contributed by atoms with Crippen molar-refractivity contribution in [2.45, 2.75) is 13.0 Å². The molecule has 0 amide bonds. The highest BCUT2D eigenvalue weighted by Gasteiger charge is 2.03. The zero-order valence-corrected chi connectivity index (χ0v) is 9.87. The molecule has 0 spiro atoms. The number of aliphatic hydroxyl groups excluding tert-OH is 1. The van der Waals surface area contributed by atoms with E-state index in [-0.39, 0.29) is 0 Å². The standard InChI is InChI=1S/C14H12N2O2/c1-10(17)12-5-6-14(16-9-12)18-13-4-2-3-11(7-13)8-15/h2-7,9-10,17H,1H3. The Kier molecular flexibility index (Phi) is 3.56. The molecule has 0 fully saturated rings. The van der Waals surface area contributed by atoms with Gasteiger partial charge in [0.15, 0.2) is 0 Å². The fourth-order valence-electron chi connectivity index (χ4n) is 1.45. The molecule has 0 radical (unpaired) electrons. The molecule has 4 nitrogen and oxygen atoms in total. The van der Waals surface area contributed by atoms with E-state index in [1.165, 1.54) is 0 Å². The SMILES string of the molecule is CC(O)c1ccc(Oc2cccc(C#N)c2)nc1. The molecule has 1 heterocycles. The molecular weight excluding hydrogens is 228 g/mol. The Hall–Kier alpha value is -2.38. The highest BCUT2D eigenvalue weighted by Crippen LogP contribution is 2.21. The van der Waals surface area contributed by atoms with E-state index in [1.807, 2.05) is 6.07 Å². The summed E-state index contributed by atoms with van der Waals surface area (Å²) in [5.74, 6) is 0.987. The molecule has 1 atom stereocenters. The average molecular weight is 240 g/mol. The lowest BCUT2D eigenvalue weighted by Gasteiger charge is -2.07. The highest BCUT2D eigenvalue weighted by atomic mass is 16.5. The zero-order chi connectivity index (χ0) is 13.0. The van der Waals surface area contributed by atoms with Gasteiger partial charge < -0.3 is 9.84 Å². The fourth-order valence-corrected chi connectivity index (χ4v) is 1.45. The summed E-state index contributed by atoms with van der Waals surface area (Å²) in [5, 5.41) is 18.1. The summed E-state index contributed by atoms with van der Waals surface area (Å²) in [4.78, 5) is 4.09. The van der Waals surface area contributed by atoms with Gasteiger partial charge in [0, 0.05) is 12.3 Å². The van der Waals surface area contributed by atoms with E-state index in [9.17, 15) is 5.11 Å². The molecule has 90 valence electrons. The molecule has 0 aliphatic rings. The minimum Gasteiger partial charge on any atom is -0.439 e. The van der Waals surface area contributed by atoms with Crippen LogP contribution >= 0.6 is 0 Å². The summed E-state index contributed by atoms with van der Waals surface area (Å²) in [6.45, 7) is 1.67. The van der Waals surface area contributed by atoms with Crippen molar-refractivity contribution in [1.82, 2.24) is 4.98 Å². The largest absolute Gasteiger partial charge is 0.439 e. The molecular formula is C14H12N2O2. The molecule has 1 aromatic heterocycles. The summed E-state index contributed by atoms with van der Waals surface area (Å²) < 4.78 is 5.51. The van der Waals surface area contributed by atoms with Crippen molar-refractivity contribution < 1.29 is 9.84 Å². The van der Waals surface area contributed by atoms with E-state index in [0.29, 0.717) is 17.2 Å². The van der Waals surface area contributed by atoms with Gasteiger partial charge in [-0.2, -0.15) is 5.26 Å². The first-order chi connectivity index (χ1) is 8.69. The molecule has 2 rings (SSSR count).